The Hall–Kier alpha value is -1.06. The van der Waals surface area contributed by atoms with Crippen LogP contribution in [0.3, 0.4) is 0 Å². The topological polar surface area (TPSA) is 55.1 Å². The molecule has 1 unspecified atom stereocenters. The molecule has 0 radical (unpaired) electrons. The van der Waals surface area contributed by atoms with Crippen LogP contribution in [0.2, 0.25) is 5.02 Å². The van der Waals surface area contributed by atoms with Crippen LogP contribution in [-0.4, -0.2) is 18.0 Å². The van der Waals surface area contributed by atoms with E-state index in [-0.39, 0.29) is 11.4 Å². The summed E-state index contributed by atoms with van der Waals surface area (Å²) < 4.78 is 0. The van der Waals surface area contributed by atoms with E-state index >= 15 is 0 Å². The molecule has 0 saturated heterocycles. The fourth-order valence-corrected chi connectivity index (χ4v) is 2.49. The summed E-state index contributed by atoms with van der Waals surface area (Å²) in [6.07, 6.45) is 2.27. The second-order valence-electron chi connectivity index (χ2n) is 5.33. The average molecular weight is 267 g/mol. The molecule has 3 N–H and O–H groups in total. The molecule has 18 heavy (non-hydrogen) atoms. The molecule has 1 amide bonds. The van der Waals surface area contributed by atoms with Gasteiger partial charge in [0, 0.05) is 6.54 Å². The molecular formula is C14H19ClN2O. The van der Waals surface area contributed by atoms with Crippen LogP contribution in [0.4, 0.5) is 0 Å². The number of carbonyl (C=O) groups excluding carboxylic acids is 1. The number of nitrogens with two attached hydrogens (primary N) is 1. The Morgan fingerprint density at radius 2 is 2.22 bits per heavy atom. The molecule has 1 aromatic rings. The number of amides is 1. The van der Waals surface area contributed by atoms with E-state index in [0.29, 0.717) is 23.0 Å². The van der Waals surface area contributed by atoms with Crippen molar-refractivity contribution in [1.82, 2.24) is 5.32 Å². The molecular weight excluding hydrogens is 248 g/mol. The Labute approximate surface area is 113 Å². The van der Waals surface area contributed by atoms with Gasteiger partial charge in [-0.05, 0) is 50.3 Å². The molecule has 0 aliphatic heterocycles. The van der Waals surface area contributed by atoms with Gasteiger partial charge >= 0.3 is 0 Å². The van der Waals surface area contributed by atoms with Gasteiger partial charge in [-0.15, -0.1) is 0 Å². The van der Waals surface area contributed by atoms with Crippen LogP contribution in [0.1, 0.15) is 35.7 Å². The maximum Gasteiger partial charge on any atom is 0.253 e. The smallest absolute Gasteiger partial charge is 0.253 e. The van der Waals surface area contributed by atoms with Crippen LogP contribution in [0.5, 0.6) is 0 Å². The van der Waals surface area contributed by atoms with Gasteiger partial charge < -0.3 is 11.1 Å². The summed E-state index contributed by atoms with van der Waals surface area (Å²) in [4.78, 5) is 12.2. The van der Waals surface area contributed by atoms with Crippen molar-refractivity contribution in [3.05, 3.63) is 34.3 Å². The molecule has 1 aliphatic rings. The minimum atomic E-state index is -0.314. The standard InChI is InChI=1S/C14H19ClN2O/c1-9-3-6-11(12(15)7-9)13(18)17-14(2,8-16)10-4-5-10/h3,6-7,10H,4-5,8,16H2,1-2H3,(H,17,18). The highest BCUT2D eigenvalue weighted by atomic mass is 35.5. The highest BCUT2D eigenvalue weighted by molar-refractivity contribution is 6.33. The Bertz CT molecular complexity index is 471. The zero-order valence-corrected chi connectivity index (χ0v) is 11.6. The normalized spacial score (nSPS) is 18.2. The summed E-state index contributed by atoms with van der Waals surface area (Å²) in [6, 6.07) is 5.45. The lowest BCUT2D eigenvalue weighted by atomic mass is 9.95. The van der Waals surface area contributed by atoms with Crippen LogP contribution in [0.25, 0.3) is 0 Å². The SMILES string of the molecule is Cc1ccc(C(=O)NC(C)(CN)C2CC2)c(Cl)c1. The first-order chi connectivity index (χ1) is 8.46. The third-order valence-corrected chi connectivity index (χ3v) is 3.98. The second kappa shape index (κ2) is 4.90. The lowest BCUT2D eigenvalue weighted by Crippen LogP contribution is -2.53. The molecule has 0 spiro atoms. The number of hydrogen-bond acceptors (Lipinski definition) is 2. The van der Waals surface area contributed by atoms with Crippen molar-refractivity contribution in [3.8, 4) is 0 Å². The van der Waals surface area contributed by atoms with Gasteiger partial charge in [-0.2, -0.15) is 0 Å². The van der Waals surface area contributed by atoms with Gasteiger partial charge in [-0.25, -0.2) is 0 Å². The fourth-order valence-electron chi connectivity index (χ4n) is 2.17. The predicted octanol–water partition coefficient (Wildman–Crippen LogP) is 2.51. The van der Waals surface area contributed by atoms with Crippen molar-refractivity contribution in [2.75, 3.05) is 6.54 Å². The molecule has 3 nitrogen and oxygen atoms in total. The van der Waals surface area contributed by atoms with E-state index in [1.165, 1.54) is 0 Å². The molecule has 98 valence electrons. The number of carbonyl (C=O) groups is 1. The Morgan fingerprint density at radius 1 is 1.56 bits per heavy atom. The number of aryl methyl sites for hydroxylation is 1. The van der Waals surface area contributed by atoms with E-state index in [1.807, 2.05) is 19.9 Å². The molecule has 1 aliphatic carbocycles. The van der Waals surface area contributed by atoms with Gasteiger partial charge in [0.1, 0.15) is 0 Å². The summed E-state index contributed by atoms with van der Waals surface area (Å²) in [7, 11) is 0. The maximum atomic E-state index is 12.2. The van der Waals surface area contributed by atoms with Crippen molar-refractivity contribution < 1.29 is 4.79 Å². The van der Waals surface area contributed by atoms with Gasteiger partial charge in [-0.1, -0.05) is 17.7 Å². The molecule has 1 aromatic carbocycles. The first kappa shape index (κ1) is 13.4. The van der Waals surface area contributed by atoms with E-state index in [4.69, 9.17) is 17.3 Å². The monoisotopic (exact) mass is 266 g/mol. The largest absolute Gasteiger partial charge is 0.345 e. The van der Waals surface area contributed by atoms with Gasteiger partial charge in [0.05, 0.1) is 16.1 Å². The third-order valence-electron chi connectivity index (χ3n) is 3.67. The lowest BCUT2D eigenvalue weighted by molar-refractivity contribution is 0.0898. The van der Waals surface area contributed by atoms with Gasteiger partial charge in [-0.3, -0.25) is 4.79 Å². The molecule has 0 bridgehead atoms. The van der Waals surface area contributed by atoms with Crippen molar-refractivity contribution >= 4 is 17.5 Å². The van der Waals surface area contributed by atoms with E-state index < -0.39 is 0 Å². The Kier molecular flexibility index (Phi) is 3.64. The minimum absolute atomic E-state index is 0.139. The van der Waals surface area contributed by atoms with Crippen LogP contribution in [-0.2, 0) is 0 Å². The fraction of sp³-hybridized carbons (Fsp3) is 0.500. The third kappa shape index (κ3) is 2.68. The van der Waals surface area contributed by atoms with Crippen LogP contribution < -0.4 is 11.1 Å². The number of rotatable bonds is 4. The molecule has 4 heteroatoms. The lowest BCUT2D eigenvalue weighted by Gasteiger charge is -2.29. The first-order valence-electron chi connectivity index (χ1n) is 6.25. The van der Waals surface area contributed by atoms with E-state index in [1.54, 1.807) is 12.1 Å². The first-order valence-corrected chi connectivity index (χ1v) is 6.63. The van der Waals surface area contributed by atoms with Crippen LogP contribution in [0, 0.1) is 12.8 Å². The van der Waals surface area contributed by atoms with Crippen molar-refractivity contribution in [2.45, 2.75) is 32.2 Å². The van der Waals surface area contributed by atoms with E-state index in [9.17, 15) is 4.79 Å². The summed E-state index contributed by atoms with van der Waals surface area (Å²) >= 11 is 6.10. The molecule has 0 heterocycles. The van der Waals surface area contributed by atoms with Crippen molar-refractivity contribution in [3.63, 3.8) is 0 Å². The average Bonchev–Trinajstić information content (AvgIpc) is 3.12. The van der Waals surface area contributed by atoms with E-state index in [2.05, 4.69) is 5.32 Å². The van der Waals surface area contributed by atoms with Crippen molar-refractivity contribution in [1.29, 1.82) is 0 Å². The zero-order chi connectivity index (χ0) is 13.3. The van der Waals surface area contributed by atoms with Gasteiger partial charge in [0.25, 0.3) is 5.91 Å². The highest BCUT2D eigenvalue weighted by Gasteiger charge is 2.41. The van der Waals surface area contributed by atoms with Crippen molar-refractivity contribution in [2.24, 2.45) is 11.7 Å². The van der Waals surface area contributed by atoms with Crippen LogP contribution >= 0.6 is 11.6 Å². The summed E-state index contributed by atoms with van der Waals surface area (Å²) in [5, 5.41) is 3.52. The predicted molar refractivity (Wildman–Crippen MR) is 73.8 cm³/mol. The molecule has 1 fully saturated rings. The maximum absolute atomic E-state index is 12.2. The van der Waals surface area contributed by atoms with Gasteiger partial charge in [0.2, 0.25) is 0 Å². The summed E-state index contributed by atoms with van der Waals surface area (Å²) in [6.45, 7) is 4.40. The summed E-state index contributed by atoms with van der Waals surface area (Å²) in [5.74, 6) is 0.357. The minimum Gasteiger partial charge on any atom is -0.345 e. The van der Waals surface area contributed by atoms with E-state index in [0.717, 1.165) is 18.4 Å². The molecule has 2 rings (SSSR count). The number of halogens is 1. The second-order valence-corrected chi connectivity index (χ2v) is 5.74. The van der Waals surface area contributed by atoms with Crippen LogP contribution in [0.15, 0.2) is 18.2 Å². The quantitative estimate of drug-likeness (QED) is 0.880. The zero-order valence-electron chi connectivity index (χ0n) is 10.8. The number of hydrogen-bond donors (Lipinski definition) is 2. The highest BCUT2D eigenvalue weighted by Crippen LogP contribution is 2.39. The Morgan fingerprint density at radius 3 is 2.72 bits per heavy atom. The summed E-state index contributed by atoms with van der Waals surface area (Å²) in [5.41, 5.74) is 7.03. The molecule has 1 saturated carbocycles. The van der Waals surface area contributed by atoms with Gasteiger partial charge in [0.15, 0.2) is 0 Å². The number of benzene rings is 1. The molecule has 0 aromatic heterocycles. The molecule has 1 atom stereocenters. The Balaban J connectivity index is 2.16. The number of nitrogens with one attached hydrogen (secondary N) is 1.